The summed E-state index contributed by atoms with van der Waals surface area (Å²) in [5.74, 6) is -1.69. The zero-order valence-corrected chi connectivity index (χ0v) is 27.0. The summed E-state index contributed by atoms with van der Waals surface area (Å²) in [5.41, 5.74) is 0. The van der Waals surface area contributed by atoms with Crippen molar-refractivity contribution < 1.29 is 96.9 Å². The molecule has 288 valence electrons. The van der Waals surface area contributed by atoms with E-state index in [9.17, 15) is 54.3 Å². The molecule has 0 aliphatic heterocycles. The van der Waals surface area contributed by atoms with E-state index < -0.39 is 88.6 Å². The Morgan fingerprint density at radius 3 is 1.47 bits per heavy atom. The van der Waals surface area contributed by atoms with Crippen molar-refractivity contribution in [3.05, 3.63) is 0 Å². The standard InChI is InChI=1S/C26H40F8N2O13/c1-5-17(3)19(37)43-9-7-35-21(39)45-13-11-41-15-23(27,28)48-24(29,30)25(31,32)49-26(33,34)47-16-42-12-14-46-22(40)36-8-10-44-20(38)18(4)6-2/h17-18H,5-16H2,1-4H3,(H,35,39)(H,36,40). The summed E-state index contributed by atoms with van der Waals surface area (Å²) in [6.07, 6.45) is -24.5. The minimum absolute atomic E-state index is 0.132. The molecule has 0 aromatic rings. The van der Waals surface area contributed by atoms with Crippen molar-refractivity contribution in [3.8, 4) is 0 Å². The Morgan fingerprint density at radius 2 is 1.02 bits per heavy atom. The first-order chi connectivity index (χ1) is 22.7. The maximum atomic E-state index is 13.7. The van der Waals surface area contributed by atoms with Crippen molar-refractivity contribution in [2.24, 2.45) is 11.8 Å². The summed E-state index contributed by atoms with van der Waals surface area (Å²) >= 11 is 0. The van der Waals surface area contributed by atoms with E-state index in [1.807, 2.05) is 0 Å². The first kappa shape index (κ1) is 45.7. The molecule has 0 bridgehead atoms. The number of rotatable bonds is 26. The van der Waals surface area contributed by atoms with Crippen molar-refractivity contribution in [2.45, 2.75) is 65.2 Å². The Hall–Kier alpha value is -3.28. The summed E-state index contributed by atoms with van der Waals surface area (Å²) in [5, 5.41) is 4.31. The molecule has 0 saturated heterocycles. The third-order valence-electron chi connectivity index (χ3n) is 5.63. The number of alkyl carbamates (subject to hydrolysis) is 2. The highest BCUT2D eigenvalue weighted by molar-refractivity contribution is 5.72. The molecular weight excluding hydrogens is 700 g/mol. The number of hydrogen-bond donors (Lipinski definition) is 2. The van der Waals surface area contributed by atoms with Gasteiger partial charge < -0.3 is 39.1 Å². The quantitative estimate of drug-likeness (QED) is 0.0429. The van der Waals surface area contributed by atoms with Gasteiger partial charge in [0.15, 0.2) is 6.79 Å². The number of esters is 2. The number of nitrogens with one attached hydrogen (secondary N) is 2. The highest BCUT2D eigenvalue weighted by atomic mass is 19.3. The fourth-order valence-electron chi connectivity index (χ4n) is 2.59. The smallest absolute Gasteiger partial charge is 0.464 e. The molecule has 23 heteroatoms. The number of alkyl halides is 8. The molecule has 2 unspecified atom stereocenters. The number of halogens is 8. The van der Waals surface area contributed by atoms with E-state index in [0.29, 0.717) is 12.8 Å². The third kappa shape index (κ3) is 20.7. The molecule has 0 radical (unpaired) electrons. The summed E-state index contributed by atoms with van der Waals surface area (Å²) < 4.78 is 145. The van der Waals surface area contributed by atoms with Crippen molar-refractivity contribution >= 4 is 24.1 Å². The van der Waals surface area contributed by atoms with Gasteiger partial charge in [-0.15, -0.1) is 8.78 Å². The van der Waals surface area contributed by atoms with Gasteiger partial charge in [0.05, 0.1) is 38.1 Å². The second-order valence-corrected chi connectivity index (χ2v) is 9.64. The van der Waals surface area contributed by atoms with Gasteiger partial charge in [0, 0.05) is 0 Å². The van der Waals surface area contributed by atoms with Gasteiger partial charge in [-0.3, -0.25) is 14.3 Å². The van der Waals surface area contributed by atoms with Gasteiger partial charge in [0.1, 0.15) is 33.0 Å². The average molecular weight is 741 g/mol. The van der Waals surface area contributed by atoms with Gasteiger partial charge in [-0.1, -0.05) is 27.7 Å². The summed E-state index contributed by atoms with van der Waals surface area (Å²) in [6.45, 7) is -0.441. The Morgan fingerprint density at radius 1 is 0.592 bits per heavy atom. The van der Waals surface area contributed by atoms with E-state index in [4.69, 9.17) is 9.47 Å². The van der Waals surface area contributed by atoms with E-state index in [-0.39, 0.29) is 38.1 Å². The second kappa shape index (κ2) is 22.4. The monoisotopic (exact) mass is 740 g/mol. The largest absolute Gasteiger partial charge is 0.492 e. The fourth-order valence-corrected chi connectivity index (χ4v) is 2.59. The van der Waals surface area contributed by atoms with E-state index in [2.05, 4.69) is 43.8 Å². The molecule has 2 amide bonds. The topological polar surface area (TPSA) is 175 Å². The molecule has 0 aliphatic carbocycles. The van der Waals surface area contributed by atoms with Crippen LogP contribution in [0.15, 0.2) is 0 Å². The van der Waals surface area contributed by atoms with Crippen LogP contribution in [-0.4, -0.2) is 115 Å². The lowest BCUT2D eigenvalue weighted by molar-refractivity contribution is -0.549. The number of hydrogen-bond acceptors (Lipinski definition) is 13. The van der Waals surface area contributed by atoms with E-state index in [1.165, 1.54) is 0 Å². The fraction of sp³-hybridized carbons (Fsp3) is 0.846. The summed E-state index contributed by atoms with van der Waals surface area (Å²) in [7, 11) is 0. The number of carbonyl (C=O) groups is 4. The number of amides is 2. The lowest BCUT2D eigenvalue weighted by Crippen LogP contribution is -2.53. The molecule has 2 N–H and O–H groups in total. The van der Waals surface area contributed by atoms with Gasteiger partial charge in [-0.2, -0.15) is 26.3 Å². The van der Waals surface area contributed by atoms with Gasteiger partial charge in [-0.05, 0) is 12.8 Å². The van der Waals surface area contributed by atoms with Crippen LogP contribution in [-0.2, 0) is 52.2 Å². The maximum Gasteiger partial charge on any atom is 0.492 e. The Balaban J connectivity index is 4.35. The Labute approximate surface area is 275 Å². The van der Waals surface area contributed by atoms with Crippen LogP contribution in [0.4, 0.5) is 44.7 Å². The molecule has 0 aromatic carbocycles. The van der Waals surface area contributed by atoms with Gasteiger partial charge in [-0.25, -0.2) is 19.1 Å². The number of carbonyl (C=O) groups excluding carboxylic acids is 4. The highest BCUT2D eigenvalue weighted by Crippen LogP contribution is 2.43. The van der Waals surface area contributed by atoms with Gasteiger partial charge in [0.2, 0.25) is 0 Å². The molecule has 0 fully saturated rings. The van der Waals surface area contributed by atoms with Crippen LogP contribution < -0.4 is 10.6 Å². The van der Waals surface area contributed by atoms with Crippen LogP contribution in [0, 0.1) is 11.8 Å². The molecule has 49 heavy (non-hydrogen) atoms. The third-order valence-corrected chi connectivity index (χ3v) is 5.63. The van der Waals surface area contributed by atoms with E-state index in [1.54, 1.807) is 27.7 Å². The van der Waals surface area contributed by atoms with E-state index in [0.717, 1.165) is 0 Å². The molecule has 2 atom stereocenters. The molecule has 0 heterocycles. The maximum absolute atomic E-state index is 13.7. The van der Waals surface area contributed by atoms with Crippen molar-refractivity contribution in [3.63, 3.8) is 0 Å². The lowest BCUT2D eigenvalue weighted by atomic mass is 10.1. The predicted octanol–water partition coefficient (Wildman–Crippen LogP) is 3.99. The molecule has 0 aromatic heterocycles. The van der Waals surface area contributed by atoms with Crippen molar-refractivity contribution in [2.75, 3.05) is 66.1 Å². The minimum Gasteiger partial charge on any atom is -0.464 e. The van der Waals surface area contributed by atoms with Gasteiger partial charge >= 0.3 is 48.7 Å². The lowest BCUT2D eigenvalue weighted by Gasteiger charge is -2.30. The SMILES string of the molecule is CCC(C)C(=O)OCCNC(=O)OCCOCOC(F)(F)OC(F)(F)C(F)(F)OC(F)(F)COCCOC(=O)NCCOC(=O)C(C)CC. The molecule has 0 aliphatic rings. The molecule has 0 spiro atoms. The van der Waals surface area contributed by atoms with Crippen LogP contribution in [0.5, 0.6) is 0 Å². The molecule has 0 saturated carbocycles. The molecule has 15 nitrogen and oxygen atoms in total. The Kier molecular flexibility index (Phi) is 20.9. The first-order valence-electron chi connectivity index (χ1n) is 14.5. The van der Waals surface area contributed by atoms with Crippen LogP contribution >= 0.6 is 0 Å². The summed E-state index contributed by atoms with van der Waals surface area (Å²) in [6, 6.07) is 0. The first-order valence-corrected chi connectivity index (χ1v) is 14.5. The summed E-state index contributed by atoms with van der Waals surface area (Å²) in [4.78, 5) is 45.8. The second-order valence-electron chi connectivity index (χ2n) is 9.64. The van der Waals surface area contributed by atoms with E-state index >= 15 is 0 Å². The minimum atomic E-state index is -6.39. The normalized spacial score (nSPS) is 13.6. The van der Waals surface area contributed by atoms with Crippen LogP contribution in [0.1, 0.15) is 40.5 Å². The van der Waals surface area contributed by atoms with Crippen molar-refractivity contribution in [1.82, 2.24) is 10.6 Å². The van der Waals surface area contributed by atoms with Crippen molar-refractivity contribution in [1.29, 1.82) is 0 Å². The number of ether oxygens (including phenoxy) is 9. The van der Waals surface area contributed by atoms with Crippen LogP contribution in [0.25, 0.3) is 0 Å². The predicted molar refractivity (Wildman–Crippen MR) is 144 cm³/mol. The van der Waals surface area contributed by atoms with Gasteiger partial charge in [0.25, 0.3) is 0 Å². The zero-order valence-electron chi connectivity index (χ0n) is 27.0. The molecular formula is C26H40F8N2O13. The highest BCUT2D eigenvalue weighted by Gasteiger charge is 2.68. The van der Waals surface area contributed by atoms with Crippen LogP contribution in [0.2, 0.25) is 0 Å². The zero-order chi connectivity index (χ0) is 37.7. The average Bonchev–Trinajstić information content (AvgIpc) is 3.00. The molecule has 0 rings (SSSR count). The van der Waals surface area contributed by atoms with Crippen LogP contribution in [0.3, 0.4) is 0 Å². The Bertz CT molecular complexity index is 1010.